The average molecular weight is 370 g/mol. The Bertz CT molecular complexity index is 534. The van der Waals surface area contributed by atoms with Crippen LogP contribution in [0.3, 0.4) is 0 Å². The van der Waals surface area contributed by atoms with E-state index in [0.717, 1.165) is 43.5 Å². The molecule has 1 N–H and O–H groups in total. The molecule has 1 atom stereocenters. The van der Waals surface area contributed by atoms with Gasteiger partial charge in [-0.3, -0.25) is 9.69 Å². The van der Waals surface area contributed by atoms with Crippen LogP contribution in [0.25, 0.3) is 0 Å². The van der Waals surface area contributed by atoms with Gasteiger partial charge in [0.1, 0.15) is 5.82 Å². The number of amides is 1. The van der Waals surface area contributed by atoms with E-state index in [0.29, 0.717) is 18.7 Å². The molecule has 2 heterocycles. The third-order valence-corrected chi connectivity index (χ3v) is 5.23. The molecule has 0 spiro atoms. The second-order valence-corrected chi connectivity index (χ2v) is 6.85. The zero-order chi connectivity index (χ0) is 15.5. The Kier molecular flexibility index (Phi) is 5.10. The van der Waals surface area contributed by atoms with Crippen molar-refractivity contribution in [3.8, 4) is 0 Å². The number of hydrogen-bond acceptors (Lipinski definition) is 3. The van der Waals surface area contributed by atoms with Crippen LogP contribution in [0, 0.1) is 5.82 Å². The van der Waals surface area contributed by atoms with E-state index >= 15 is 0 Å². The lowest BCUT2D eigenvalue weighted by Gasteiger charge is -2.41. The fraction of sp³-hybridized carbons (Fsp3) is 0.562. The molecule has 120 valence electrons. The lowest BCUT2D eigenvalue weighted by Crippen LogP contribution is -2.56. The van der Waals surface area contributed by atoms with E-state index in [2.05, 4.69) is 26.1 Å². The molecule has 22 heavy (non-hydrogen) atoms. The van der Waals surface area contributed by atoms with Crippen LogP contribution >= 0.6 is 15.9 Å². The van der Waals surface area contributed by atoms with Gasteiger partial charge in [0.15, 0.2) is 0 Å². The number of piperidine rings is 1. The van der Waals surface area contributed by atoms with E-state index in [1.165, 1.54) is 6.07 Å². The molecule has 6 heteroatoms. The first-order chi connectivity index (χ1) is 10.6. The second-order valence-electron chi connectivity index (χ2n) is 6.00. The van der Waals surface area contributed by atoms with Crippen LogP contribution in [0.2, 0.25) is 0 Å². The number of nitrogens with one attached hydrogen (secondary N) is 1. The predicted molar refractivity (Wildman–Crippen MR) is 87.0 cm³/mol. The van der Waals surface area contributed by atoms with E-state index in [9.17, 15) is 9.18 Å². The molecule has 1 unspecified atom stereocenters. The first-order valence-corrected chi connectivity index (χ1v) is 8.60. The molecule has 0 radical (unpaired) electrons. The summed E-state index contributed by atoms with van der Waals surface area (Å²) in [6.45, 7) is 4.45. The summed E-state index contributed by atoms with van der Waals surface area (Å²) in [6, 6.07) is 5.34. The van der Waals surface area contributed by atoms with Crippen molar-refractivity contribution < 1.29 is 9.18 Å². The van der Waals surface area contributed by atoms with Gasteiger partial charge in [-0.2, -0.15) is 0 Å². The van der Waals surface area contributed by atoms with Gasteiger partial charge < -0.3 is 10.2 Å². The standard InChI is InChI=1S/C16H21BrFN3O/c17-14-4-1-5-15(18)13(14)11-20-7-2-3-12(10-20)21-8-6-19-9-16(21)22/h1,4-5,12,19H,2-3,6-11H2. The van der Waals surface area contributed by atoms with E-state index in [-0.39, 0.29) is 17.8 Å². The molecule has 0 bridgehead atoms. The van der Waals surface area contributed by atoms with Gasteiger partial charge in [0.2, 0.25) is 5.91 Å². The van der Waals surface area contributed by atoms with Crippen LogP contribution in [0.15, 0.2) is 22.7 Å². The number of nitrogens with zero attached hydrogens (tertiary/aromatic N) is 2. The molecule has 0 saturated carbocycles. The highest BCUT2D eigenvalue weighted by Gasteiger charge is 2.30. The molecule has 0 aliphatic carbocycles. The largest absolute Gasteiger partial charge is 0.336 e. The first-order valence-electron chi connectivity index (χ1n) is 7.80. The highest BCUT2D eigenvalue weighted by molar-refractivity contribution is 9.10. The highest BCUT2D eigenvalue weighted by Crippen LogP contribution is 2.24. The fourth-order valence-corrected chi connectivity index (χ4v) is 3.81. The lowest BCUT2D eigenvalue weighted by molar-refractivity contribution is -0.135. The average Bonchev–Trinajstić information content (AvgIpc) is 2.52. The molecular formula is C16H21BrFN3O. The second kappa shape index (κ2) is 7.06. The van der Waals surface area contributed by atoms with Crippen molar-refractivity contribution in [1.82, 2.24) is 15.1 Å². The normalized spacial score (nSPS) is 23.8. The highest BCUT2D eigenvalue weighted by atomic mass is 79.9. The Morgan fingerprint density at radius 3 is 3.00 bits per heavy atom. The Hall–Kier alpha value is -0.980. The Balaban J connectivity index is 1.67. The molecule has 2 saturated heterocycles. The van der Waals surface area contributed by atoms with E-state index < -0.39 is 0 Å². The Morgan fingerprint density at radius 1 is 1.36 bits per heavy atom. The summed E-state index contributed by atoms with van der Waals surface area (Å²) in [7, 11) is 0. The van der Waals surface area contributed by atoms with Crippen molar-refractivity contribution in [2.75, 3.05) is 32.7 Å². The number of carbonyl (C=O) groups is 1. The lowest BCUT2D eigenvalue weighted by atomic mass is 10.0. The van der Waals surface area contributed by atoms with Crippen molar-refractivity contribution in [1.29, 1.82) is 0 Å². The third-order valence-electron chi connectivity index (χ3n) is 4.49. The van der Waals surface area contributed by atoms with Gasteiger partial charge >= 0.3 is 0 Å². The van der Waals surface area contributed by atoms with Gasteiger partial charge in [0.05, 0.1) is 6.54 Å². The minimum Gasteiger partial charge on any atom is -0.336 e. The molecule has 2 aliphatic heterocycles. The van der Waals surface area contributed by atoms with Gasteiger partial charge in [0.25, 0.3) is 0 Å². The number of rotatable bonds is 3. The number of benzene rings is 1. The van der Waals surface area contributed by atoms with Crippen LogP contribution in [0.4, 0.5) is 4.39 Å². The van der Waals surface area contributed by atoms with Crippen LogP contribution in [0.1, 0.15) is 18.4 Å². The van der Waals surface area contributed by atoms with Gasteiger partial charge in [-0.1, -0.05) is 22.0 Å². The van der Waals surface area contributed by atoms with Crippen molar-refractivity contribution >= 4 is 21.8 Å². The van der Waals surface area contributed by atoms with Gasteiger partial charge in [-0.05, 0) is 31.5 Å². The molecular weight excluding hydrogens is 349 g/mol. The van der Waals surface area contributed by atoms with Crippen LogP contribution in [0.5, 0.6) is 0 Å². The molecule has 0 aromatic heterocycles. The van der Waals surface area contributed by atoms with Crippen LogP contribution < -0.4 is 5.32 Å². The molecule has 1 aromatic rings. The number of piperazine rings is 1. The van der Waals surface area contributed by atoms with Crippen molar-refractivity contribution in [3.05, 3.63) is 34.1 Å². The minimum absolute atomic E-state index is 0.172. The molecule has 3 rings (SSSR count). The van der Waals surface area contributed by atoms with E-state index in [4.69, 9.17) is 0 Å². The number of hydrogen-bond donors (Lipinski definition) is 1. The summed E-state index contributed by atoms with van der Waals surface area (Å²) in [5, 5.41) is 3.11. The molecule has 2 fully saturated rings. The maximum Gasteiger partial charge on any atom is 0.236 e. The number of halogens is 2. The number of carbonyl (C=O) groups excluding carboxylic acids is 1. The zero-order valence-electron chi connectivity index (χ0n) is 12.5. The van der Waals surface area contributed by atoms with Gasteiger partial charge in [0, 0.05) is 42.3 Å². The summed E-state index contributed by atoms with van der Waals surface area (Å²) in [4.78, 5) is 16.3. The Labute approximate surface area is 138 Å². The van der Waals surface area contributed by atoms with Crippen molar-refractivity contribution in [3.63, 3.8) is 0 Å². The van der Waals surface area contributed by atoms with Crippen LogP contribution in [-0.4, -0.2) is 54.5 Å². The SMILES string of the molecule is O=C1CNCCN1C1CCCN(Cc2c(F)cccc2Br)C1. The molecule has 1 amide bonds. The van der Waals surface area contributed by atoms with Gasteiger partial charge in [-0.15, -0.1) is 0 Å². The third kappa shape index (κ3) is 3.50. The molecule has 1 aromatic carbocycles. The van der Waals surface area contributed by atoms with Crippen molar-refractivity contribution in [2.24, 2.45) is 0 Å². The first kappa shape index (κ1) is 15.9. The smallest absolute Gasteiger partial charge is 0.236 e. The number of likely N-dealkylation sites (tertiary alicyclic amines) is 1. The fourth-order valence-electron chi connectivity index (χ4n) is 3.34. The maximum atomic E-state index is 14.0. The zero-order valence-corrected chi connectivity index (χ0v) is 14.1. The van der Waals surface area contributed by atoms with Crippen LogP contribution in [-0.2, 0) is 11.3 Å². The predicted octanol–water partition coefficient (Wildman–Crippen LogP) is 1.98. The maximum absolute atomic E-state index is 14.0. The minimum atomic E-state index is -0.172. The summed E-state index contributed by atoms with van der Waals surface area (Å²) in [6.07, 6.45) is 2.09. The van der Waals surface area contributed by atoms with Gasteiger partial charge in [-0.25, -0.2) is 4.39 Å². The van der Waals surface area contributed by atoms with Crippen molar-refractivity contribution in [2.45, 2.75) is 25.4 Å². The Morgan fingerprint density at radius 2 is 2.23 bits per heavy atom. The topological polar surface area (TPSA) is 35.6 Å². The summed E-state index contributed by atoms with van der Waals surface area (Å²) < 4.78 is 14.8. The summed E-state index contributed by atoms with van der Waals surface area (Å²) in [5.41, 5.74) is 0.704. The quantitative estimate of drug-likeness (QED) is 0.884. The van der Waals surface area contributed by atoms with E-state index in [1.54, 1.807) is 6.07 Å². The van der Waals surface area contributed by atoms with E-state index in [1.807, 2.05) is 11.0 Å². The monoisotopic (exact) mass is 369 g/mol. The molecule has 2 aliphatic rings. The molecule has 4 nitrogen and oxygen atoms in total. The summed E-state index contributed by atoms with van der Waals surface area (Å²) >= 11 is 3.44. The summed E-state index contributed by atoms with van der Waals surface area (Å²) in [5.74, 6) is 0.0138.